The summed E-state index contributed by atoms with van der Waals surface area (Å²) in [7, 11) is 0. The van der Waals surface area contributed by atoms with Crippen LogP contribution < -0.4 is 10.6 Å². The van der Waals surface area contributed by atoms with Gasteiger partial charge in [0, 0.05) is 37.4 Å². The summed E-state index contributed by atoms with van der Waals surface area (Å²) in [4.78, 5) is 12.3. The highest BCUT2D eigenvalue weighted by molar-refractivity contribution is 5.76. The number of piperidine rings is 1. The van der Waals surface area contributed by atoms with Crippen LogP contribution in [-0.2, 0) is 17.9 Å². The molecule has 2 aromatic rings. The molecular weight excluding hydrogens is 312 g/mol. The monoisotopic (exact) mass is 338 g/mol. The highest BCUT2D eigenvalue weighted by atomic mass is 16.1. The number of nitrogens with one attached hydrogen (secondary N) is 2. The fourth-order valence-electron chi connectivity index (χ4n) is 4.22. The van der Waals surface area contributed by atoms with Gasteiger partial charge < -0.3 is 10.6 Å². The van der Waals surface area contributed by atoms with Gasteiger partial charge in [0.2, 0.25) is 5.91 Å². The van der Waals surface area contributed by atoms with Crippen LogP contribution in [0.3, 0.4) is 0 Å². The average Bonchev–Trinajstić information content (AvgIpc) is 3.24. The molecule has 2 atom stereocenters. The van der Waals surface area contributed by atoms with Crippen LogP contribution in [-0.4, -0.2) is 27.8 Å². The standard InChI is InChI=1S/C20H26N4O/c25-20(12-17-10-18-6-7-19(11-17)23-18)21-13-15-2-4-16(5-3-15)14-24-9-1-8-22-24/h1-5,8-9,17-19,23H,6-7,10-14H2,(H,21,25). The predicted molar refractivity (Wildman–Crippen MR) is 96.9 cm³/mol. The van der Waals surface area contributed by atoms with Crippen molar-refractivity contribution in [2.75, 3.05) is 0 Å². The topological polar surface area (TPSA) is 59.0 Å². The van der Waals surface area contributed by atoms with E-state index in [1.165, 1.54) is 18.4 Å². The van der Waals surface area contributed by atoms with Crippen LogP contribution in [0.1, 0.15) is 43.2 Å². The molecular formula is C20H26N4O. The smallest absolute Gasteiger partial charge is 0.220 e. The van der Waals surface area contributed by atoms with Gasteiger partial charge in [0.15, 0.2) is 0 Å². The molecule has 2 unspecified atom stereocenters. The Morgan fingerprint density at radius 2 is 1.88 bits per heavy atom. The van der Waals surface area contributed by atoms with E-state index in [4.69, 9.17) is 0 Å². The molecule has 2 fully saturated rings. The van der Waals surface area contributed by atoms with E-state index in [0.29, 0.717) is 31.0 Å². The van der Waals surface area contributed by atoms with Gasteiger partial charge >= 0.3 is 0 Å². The van der Waals surface area contributed by atoms with E-state index < -0.39 is 0 Å². The summed E-state index contributed by atoms with van der Waals surface area (Å²) in [5.41, 5.74) is 2.35. The fraction of sp³-hybridized carbons (Fsp3) is 0.500. The lowest BCUT2D eigenvalue weighted by Crippen LogP contribution is -2.39. The fourth-order valence-corrected chi connectivity index (χ4v) is 4.22. The Kier molecular flexibility index (Phi) is 4.83. The Hall–Kier alpha value is -2.14. The molecule has 2 aliphatic heterocycles. The minimum absolute atomic E-state index is 0.187. The SMILES string of the molecule is O=C(CC1CC2CCC(C1)N2)NCc1ccc(Cn2cccn2)cc1. The second-order valence-electron chi connectivity index (χ2n) is 7.48. The van der Waals surface area contributed by atoms with Gasteiger partial charge in [0.05, 0.1) is 6.54 Å². The lowest BCUT2D eigenvalue weighted by atomic mass is 9.89. The molecule has 1 aromatic carbocycles. The minimum atomic E-state index is 0.187. The zero-order chi connectivity index (χ0) is 17.1. The van der Waals surface area contributed by atoms with Gasteiger partial charge in [-0.05, 0) is 48.8 Å². The van der Waals surface area contributed by atoms with Crippen molar-refractivity contribution >= 4 is 5.91 Å². The number of carbonyl (C=O) groups is 1. The first-order valence-corrected chi connectivity index (χ1v) is 9.32. The number of hydrogen-bond acceptors (Lipinski definition) is 3. The lowest BCUT2D eigenvalue weighted by Gasteiger charge is -2.28. The van der Waals surface area contributed by atoms with Gasteiger partial charge in [-0.15, -0.1) is 0 Å². The van der Waals surface area contributed by atoms with Gasteiger partial charge in [-0.2, -0.15) is 5.10 Å². The molecule has 2 bridgehead atoms. The van der Waals surface area contributed by atoms with Crippen molar-refractivity contribution in [1.82, 2.24) is 20.4 Å². The molecule has 3 heterocycles. The second-order valence-corrected chi connectivity index (χ2v) is 7.48. The van der Waals surface area contributed by atoms with E-state index in [0.717, 1.165) is 24.9 Å². The minimum Gasteiger partial charge on any atom is -0.352 e. The van der Waals surface area contributed by atoms with Crippen molar-refractivity contribution in [2.24, 2.45) is 5.92 Å². The first kappa shape index (κ1) is 16.3. The molecule has 0 saturated carbocycles. The third-order valence-corrected chi connectivity index (χ3v) is 5.46. The van der Waals surface area contributed by atoms with Crippen LogP contribution in [0.2, 0.25) is 0 Å². The number of rotatable bonds is 6. The Morgan fingerprint density at radius 1 is 1.16 bits per heavy atom. The van der Waals surface area contributed by atoms with Crippen LogP contribution in [0.5, 0.6) is 0 Å². The number of fused-ring (bicyclic) bond motifs is 2. The highest BCUT2D eigenvalue weighted by Gasteiger charge is 2.34. The molecule has 0 aliphatic carbocycles. The van der Waals surface area contributed by atoms with Crippen molar-refractivity contribution in [3.05, 3.63) is 53.9 Å². The van der Waals surface area contributed by atoms with Crippen molar-refractivity contribution in [3.8, 4) is 0 Å². The van der Waals surface area contributed by atoms with Crippen molar-refractivity contribution in [2.45, 2.75) is 57.3 Å². The van der Waals surface area contributed by atoms with Gasteiger partial charge in [-0.25, -0.2) is 0 Å². The maximum absolute atomic E-state index is 12.3. The third-order valence-electron chi connectivity index (χ3n) is 5.46. The quantitative estimate of drug-likeness (QED) is 0.851. The van der Waals surface area contributed by atoms with Crippen LogP contribution >= 0.6 is 0 Å². The lowest BCUT2D eigenvalue weighted by molar-refractivity contribution is -0.122. The van der Waals surface area contributed by atoms with Crippen LogP contribution in [0.25, 0.3) is 0 Å². The summed E-state index contributed by atoms with van der Waals surface area (Å²) >= 11 is 0. The van der Waals surface area contributed by atoms with Crippen LogP contribution in [0.15, 0.2) is 42.7 Å². The molecule has 4 rings (SSSR count). The van der Waals surface area contributed by atoms with E-state index in [1.54, 1.807) is 6.20 Å². The largest absolute Gasteiger partial charge is 0.352 e. The molecule has 25 heavy (non-hydrogen) atoms. The summed E-state index contributed by atoms with van der Waals surface area (Å²) < 4.78 is 1.91. The van der Waals surface area contributed by atoms with E-state index in [2.05, 4.69) is 40.0 Å². The van der Waals surface area contributed by atoms with Crippen molar-refractivity contribution in [3.63, 3.8) is 0 Å². The summed E-state index contributed by atoms with van der Waals surface area (Å²) in [6.45, 7) is 1.39. The number of amides is 1. The van der Waals surface area contributed by atoms with E-state index in [1.807, 2.05) is 16.9 Å². The van der Waals surface area contributed by atoms with Gasteiger partial charge in [-0.3, -0.25) is 9.48 Å². The molecule has 5 nitrogen and oxygen atoms in total. The molecule has 2 N–H and O–H groups in total. The van der Waals surface area contributed by atoms with E-state index in [9.17, 15) is 4.79 Å². The second kappa shape index (κ2) is 7.40. The predicted octanol–water partition coefficient (Wildman–Crippen LogP) is 2.47. The number of hydrogen-bond donors (Lipinski definition) is 2. The maximum atomic E-state index is 12.3. The summed E-state index contributed by atoms with van der Waals surface area (Å²) in [6, 6.07) is 11.6. The van der Waals surface area contributed by atoms with Crippen LogP contribution in [0.4, 0.5) is 0 Å². The molecule has 1 amide bonds. The first-order valence-electron chi connectivity index (χ1n) is 9.32. The number of carbonyl (C=O) groups excluding carboxylic acids is 1. The Balaban J connectivity index is 1.23. The van der Waals surface area contributed by atoms with Gasteiger partial charge in [0.1, 0.15) is 0 Å². The zero-order valence-electron chi connectivity index (χ0n) is 14.5. The zero-order valence-corrected chi connectivity index (χ0v) is 14.5. The van der Waals surface area contributed by atoms with Gasteiger partial charge in [0.25, 0.3) is 0 Å². The van der Waals surface area contributed by atoms with Gasteiger partial charge in [-0.1, -0.05) is 24.3 Å². The third kappa shape index (κ3) is 4.28. The Bertz CT molecular complexity index is 683. The van der Waals surface area contributed by atoms with Crippen molar-refractivity contribution < 1.29 is 4.79 Å². The molecule has 0 radical (unpaired) electrons. The van der Waals surface area contributed by atoms with E-state index >= 15 is 0 Å². The molecule has 2 saturated heterocycles. The Morgan fingerprint density at radius 3 is 2.56 bits per heavy atom. The number of benzene rings is 1. The normalized spacial score (nSPS) is 25.0. The number of nitrogens with zero attached hydrogens (tertiary/aromatic N) is 2. The van der Waals surface area contributed by atoms with E-state index in [-0.39, 0.29) is 5.91 Å². The number of aromatic nitrogens is 2. The summed E-state index contributed by atoms with van der Waals surface area (Å²) in [5.74, 6) is 0.738. The van der Waals surface area contributed by atoms with Crippen LogP contribution in [0, 0.1) is 5.92 Å². The summed E-state index contributed by atoms with van der Waals surface area (Å²) in [5, 5.41) is 10.9. The molecule has 2 aliphatic rings. The Labute approximate surface area is 148 Å². The molecule has 1 aromatic heterocycles. The molecule has 5 heteroatoms. The highest BCUT2D eigenvalue weighted by Crippen LogP contribution is 2.32. The first-order chi connectivity index (χ1) is 12.2. The van der Waals surface area contributed by atoms with Crippen molar-refractivity contribution in [1.29, 1.82) is 0 Å². The maximum Gasteiger partial charge on any atom is 0.220 e. The molecule has 0 spiro atoms. The average molecular weight is 338 g/mol. The summed E-state index contributed by atoms with van der Waals surface area (Å²) in [6.07, 6.45) is 9.31. The molecule has 132 valence electrons.